The van der Waals surface area contributed by atoms with Crippen molar-refractivity contribution in [3.63, 3.8) is 0 Å². The van der Waals surface area contributed by atoms with Crippen molar-refractivity contribution in [3.8, 4) is 0 Å². The minimum atomic E-state index is 0.158. The van der Waals surface area contributed by atoms with Crippen LogP contribution in [0.5, 0.6) is 0 Å². The van der Waals surface area contributed by atoms with Crippen LogP contribution >= 0.6 is 34.3 Å². The van der Waals surface area contributed by atoms with E-state index in [1.165, 1.54) is 9.40 Å². The van der Waals surface area contributed by atoms with Crippen LogP contribution in [0.4, 0.5) is 0 Å². The lowest BCUT2D eigenvalue weighted by Crippen LogP contribution is -2.00. The average Bonchev–Trinajstić information content (AvgIpc) is 2.88. The molecule has 0 atom stereocenters. The Labute approximate surface area is 118 Å². The Kier molecular flexibility index (Phi) is 3.20. The van der Waals surface area contributed by atoms with E-state index in [9.17, 15) is 4.79 Å². The smallest absolute Gasteiger partial charge is 0.177 e. The molecule has 1 aromatic carbocycles. The molecule has 0 saturated carbocycles. The Hall–Kier alpha value is -1.16. The summed E-state index contributed by atoms with van der Waals surface area (Å²) in [4.78, 5) is 13.0. The monoisotopic (exact) mass is 292 g/mol. The highest BCUT2D eigenvalue weighted by Crippen LogP contribution is 2.30. The van der Waals surface area contributed by atoms with E-state index in [0.29, 0.717) is 11.4 Å². The number of halogens is 1. The zero-order valence-electron chi connectivity index (χ0n) is 9.35. The Morgan fingerprint density at radius 1 is 1.17 bits per heavy atom. The third-order valence-electron chi connectivity index (χ3n) is 2.67. The van der Waals surface area contributed by atoms with Gasteiger partial charge < -0.3 is 0 Å². The van der Waals surface area contributed by atoms with Gasteiger partial charge in [-0.15, -0.1) is 22.7 Å². The minimum absolute atomic E-state index is 0.158. The Balaban J connectivity index is 1.85. The summed E-state index contributed by atoms with van der Waals surface area (Å²) in [6.45, 7) is 0. The van der Waals surface area contributed by atoms with Crippen molar-refractivity contribution in [2.24, 2.45) is 0 Å². The second-order valence-electron chi connectivity index (χ2n) is 3.99. The standard InChI is InChI=1S/C14H9ClOS2/c15-10-3-1-2-9(6-10)7-11(16)13-8-14-12(18-13)4-5-17-14/h1-6,8H,7H2. The summed E-state index contributed by atoms with van der Waals surface area (Å²) in [6.07, 6.45) is 0.411. The molecular weight excluding hydrogens is 284 g/mol. The van der Waals surface area contributed by atoms with Crippen molar-refractivity contribution >= 4 is 49.5 Å². The summed E-state index contributed by atoms with van der Waals surface area (Å²) in [5, 5.41) is 2.72. The number of hydrogen-bond acceptors (Lipinski definition) is 3. The van der Waals surface area contributed by atoms with Crippen molar-refractivity contribution in [1.82, 2.24) is 0 Å². The first-order valence-corrected chi connectivity index (χ1v) is 7.54. The first-order chi connectivity index (χ1) is 8.72. The van der Waals surface area contributed by atoms with Crippen LogP contribution in [0.25, 0.3) is 9.40 Å². The van der Waals surface area contributed by atoms with Crippen LogP contribution in [-0.4, -0.2) is 5.78 Å². The normalized spacial score (nSPS) is 10.9. The Bertz CT molecular complexity index is 683. The molecule has 0 aliphatic rings. The highest BCUT2D eigenvalue weighted by Gasteiger charge is 2.11. The lowest BCUT2D eigenvalue weighted by molar-refractivity contribution is 0.0997. The van der Waals surface area contributed by atoms with Crippen LogP contribution in [0, 0.1) is 0 Å². The molecule has 0 unspecified atom stereocenters. The Morgan fingerprint density at radius 3 is 2.83 bits per heavy atom. The van der Waals surface area contributed by atoms with E-state index in [-0.39, 0.29) is 5.78 Å². The summed E-state index contributed by atoms with van der Waals surface area (Å²) in [6, 6.07) is 11.5. The van der Waals surface area contributed by atoms with Gasteiger partial charge in [-0.05, 0) is 35.2 Å². The third kappa shape index (κ3) is 2.34. The van der Waals surface area contributed by atoms with Gasteiger partial charge in [-0.2, -0.15) is 0 Å². The molecule has 2 aromatic heterocycles. The summed E-state index contributed by atoms with van der Waals surface area (Å²) < 4.78 is 2.38. The predicted octanol–water partition coefficient (Wildman–Crippen LogP) is 5.04. The molecule has 0 fully saturated rings. The first kappa shape index (κ1) is 11.9. The molecule has 18 heavy (non-hydrogen) atoms. The largest absolute Gasteiger partial charge is 0.293 e. The van der Waals surface area contributed by atoms with Crippen LogP contribution in [0.15, 0.2) is 41.8 Å². The van der Waals surface area contributed by atoms with Gasteiger partial charge in [-0.1, -0.05) is 23.7 Å². The van der Waals surface area contributed by atoms with Gasteiger partial charge in [0.15, 0.2) is 5.78 Å². The van der Waals surface area contributed by atoms with Gasteiger partial charge in [-0.25, -0.2) is 0 Å². The molecule has 3 rings (SSSR count). The number of Topliss-reactive ketones (excluding diaryl/α,β-unsaturated/α-hetero) is 1. The predicted molar refractivity (Wildman–Crippen MR) is 79.2 cm³/mol. The number of thiophene rings is 2. The van der Waals surface area contributed by atoms with E-state index in [2.05, 4.69) is 6.07 Å². The van der Waals surface area contributed by atoms with Gasteiger partial charge in [-0.3, -0.25) is 4.79 Å². The molecule has 0 aliphatic carbocycles. The van der Waals surface area contributed by atoms with E-state index < -0.39 is 0 Å². The lowest BCUT2D eigenvalue weighted by atomic mass is 10.1. The molecule has 4 heteroatoms. The number of ketones is 1. The zero-order valence-corrected chi connectivity index (χ0v) is 11.7. The van der Waals surface area contributed by atoms with E-state index in [1.54, 1.807) is 22.7 Å². The first-order valence-electron chi connectivity index (χ1n) is 5.47. The molecule has 0 N–H and O–H groups in total. The van der Waals surface area contributed by atoms with Gasteiger partial charge in [0.1, 0.15) is 0 Å². The van der Waals surface area contributed by atoms with Crippen LogP contribution in [0.3, 0.4) is 0 Å². The summed E-state index contributed by atoms with van der Waals surface area (Å²) in [5.41, 5.74) is 0.962. The maximum atomic E-state index is 12.2. The number of hydrogen-bond donors (Lipinski definition) is 0. The molecule has 1 nitrogen and oxygen atoms in total. The second-order valence-corrected chi connectivity index (χ2v) is 6.46. The molecular formula is C14H9ClOS2. The van der Waals surface area contributed by atoms with E-state index in [0.717, 1.165) is 10.4 Å². The van der Waals surface area contributed by atoms with E-state index >= 15 is 0 Å². The zero-order chi connectivity index (χ0) is 12.5. The average molecular weight is 293 g/mol. The van der Waals surface area contributed by atoms with Crippen LogP contribution in [0.2, 0.25) is 5.02 Å². The fraction of sp³-hybridized carbons (Fsp3) is 0.0714. The number of benzene rings is 1. The number of fused-ring (bicyclic) bond motifs is 1. The van der Waals surface area contributed by atoms with Crippen LogP contribution in [0.1, 0.15) is 15.2 Å². The molecule has 0 bridgehead atoms. The van der Waals surface area contributed by atoms with E-state index in [1.807, 2.05) is 35.7 Å². The molecule has 3 aromatic rings. The molecule has 0 amide bonds. The summed E-state index contributed by atoms with van der Waals surface area (Å²) >= 11 is 9.15. The summed E-state index contributed by atoms with van der Waals surface area (Å²) in [7, 11) is 0. The topological polar surface area (TPSA) is 17.1 Å². The van der Waals surface area contributed by atoms with Gasteiger partial charge in [0.2, 0.25) is 0 Å². The molecule has 0 radical (unpaired) electrons. The Morgan fingerprint density at radius 2 is 2.06 bits per heavy atom. The van der Waals surface area contributed by atoms with Gasteiger partial charge in [0, 0.05) is 20.8 Å². The second kappa shape index (κ2) is 4.84. The quantitative estimate of drug-likeness (QED) is 0.618. The molecule has 0 saturated heterocycles. The van der Waals surface area contributed by atoms with E-state index in [4.69, 9.17) is 11.6 Å². The fourth-order valence-corrected chi connectivity index (χ4v) is 4.08. The summed E-state index contributed by atoms with van der Waals surface area (Å²) in [5.74, 6) is 0.158. The van der Waals surface area contributed by atoms with Crippen molar-refractivity contribution in [2.75, 3.05) is 0 Å². The fourth-order valence-electron chi connectivity index (χ4n) is 1.82. The van der Waals surface area contributed by atoms with Crippen LogP contribution < -0.4 is 0 Å². The third-order valence-corrected chi connectivity index (χ3v) is 5.04. The maximum Gasteiger partial charge on any atom is 0.177 e. The highest BCUT2D eigenvalue weighted by atomic mass is 35.5. The van der Waals surface area contributed by atoms with Crippen molar-refractivity contribution in [2.45, 2.75) is 6.42 Å². The molecule has 2 heterocycles. The highest BCUT2D eigenvalue weighted by molar-refractivity contribution is 7.27. The minimum Gasteiger partial charge on any atom is -0.293 e. The van der Waals surface area contributed by atoms with Gasteiger partial charge in [0.25, 0.3) is 0 Å². The molecule has 0 aliphatic heterocycles. The van der Waals surface area contributed by atoms with Crippen molar-refractivity contribution in [1.29, 1.82) is 0 Å². The number of rotatable bonds is 3. The van der Waals surface area contributed by atoms with Crippen molar-refractivity contribution in [3.05, 3.63) is 57.2 Å². The molecule has 90 valence electrons. The maximum absolute atomic E-state index is 12.2. The van der Waals surface area contributed by atoms with Gasteiger partial charge >= 0.3 is 0 Å². The SMILES string of the molecule is O=C(Cc1cccc(Cl)c1)c1cc2sccc2s1. The van der Waals surface area contributed by atoms with Crippen LogP contribution in [-0.2, 0) is 6.42 Å². The number of carbonyl (C=O) groups is 1. The van der Waals surface area contributed by atoms with Gasteiger partial charge in [0.05, 0.1) is 4.88 Å². The van der Waals surface area contributed by atoms with Crippen molar-refractivity contribution < 1.29 is 4.79 Å². The number of carbonyl (C=O) groups excluding carboxylic acids is 1. The molecule has 0 spiro atoms. The lowest BCUT2D eigenvalue weighted by Gasteiger charge is -1.99.